The number of nitrogens with one attached hydrogen (secondary N) is 1. The van der Waals surface area contributed by atoms with E-state index < -0.39 is 0 Å². The molecule has 2 aliphatic rings. The number of fused-ring (bicyclic) bond motifs is 2. The first-order chi connectivity index (χ1) is 11.7. The molecule has 2 bridgehead atoms. The second-order valence-corrected chi connectivity index (χ2v) is 6.99. The summed E-state index contributed by atoms with van der Waals surface area (Å²) in [6.45, 7) is 3.22. The Labute approximate surface area is 145 Å². The first-order valence-electron chi connectivity index (χ1n) is 9.00. The highest BCUT2D eigenvalue weighted by Crippen LogP contribution is 2.28. The number of nitrogens with zero attached hydrogens (tertiary/aromatic N) is 2. The summed E-state index contributed by atoms with van der Waals surface area (Å²) >= 11 is 0. The van der Waals surface area contributed by atoms with Crippen molar-refractivity contribution in [2.24, 2.45) is 0 Å². The minimum Gasteiger partial charge on any atom is -0.496 e. The molecule has 1 N–H and O–H groups in total. The summed E-state index contributed by atoms with van der Waals surface area (Å²) in [5.41, 5.74) is 1.13. The largest absolute Gasteiger partial charge is 0.496 e. The maximum Gasteiger partial charge on any atom is 0.234 e. The first kappa shape index (κ1) is 17.2. The maximum atomic E-state index is 12.3. The van der Waals surface area contributed by atoms with Crippen molar-refractivity contribution in [1.82, 2.24) is 15.1 Å². The summed E-state index contributed by atoms with van der Waals surface area (Å²) < 4.78 is 5.35. The molecular formula is C19H29N3O2. The average molecular weight is 331 g/mol. The van der Waals surface area contributed by atoms with Gasteiger partial charge in [-0.15, -0.1) is 0 Å². The van der Waals surface area contributed by atoms with Crippen molar-refractivity contribution in [3.8, 4) is 5.75 Å². The molecule has 0 aliphatic carbocycles. The van der Waals surface area contributed by atoms with E-state index in [0.29, 0.717) is 25.2 Å². The van der Waals surface area contributed by atoms with Crippen LogP contribution >= 0.6 is 0 Å². The molecule has 2 saturated heterocycles. The van der Waals surface area contributed by atoms with E-state index in [-0.39, 0.29) is 5.91 Å². The zero-order chi connectivity index (χ0) is 16.9. The number of ether oxygens (including phenoxy) is 1. The van der Waals surface area contributed by atoms with Crippen molar-refractivity contribution in [1.29, 1.82) is 0 Å². The highest BCUT2D eigenvalue weighted by molar-refractivity contribution is 5.78. The highest BCUT2D eigenvalue weighted by Gasteiger charge is 2.34. The Morgan fingerprint density at radius 1 is 1.25 bits per heavy atom. The Morgan fingerprint density at radius 3 is 2.88 bits per heavy atom. The molecule has 1 aromatic carbocycles. The summed E-state index contributed by atoms with van der Waals surface area (Å²) in [6.07, 6.45) is 4.57. The molecule has 1 aromatic rings. The molecule has 0 spiro atoms. The molecule has 3 rings (SSSR count). The van der Waals surface area contributed by atoms with Crippen LogP contribution in [0.25, 0.3) is 0 Å². The van der Waals surface area contributed by atoms with Crippen molar-refractivity contribution in [3.63, 3.8) is 0 Å². The lowest BCUT2D eigenvalue weighted by Gasteiger charge is -2.25. The van der Waals surface area contributed by atoms with Crippen LogP contribution in [-0.4, -0.2) is 68.1 Å². The molecule has 0 saturated carbocycles. The van der Waals surface area contributed by atoms with E-state index in [1.54, 1.807) is 7.11 Å². The van der Waals surface area contributed by atoms with Crippen LogP contribution in [0.3, 0.4) is 0 Å². The molecule has 5 nitrogen and oxygen atoms in total. The number of methoxy groups -OCH3 is 1. The normalized spacial score (nSPS) is 24.6. The van der Waals surface area contributed by atoms with Gasteiger partial charge in [0.1, 0.15) is 5.75 Å². The van der Waals surface area contributed by atoms with Gasteiger partial charge in [0.2, 0.25) is 5.91 Å². The summed E-state index contributed by atoms with van der Waals surface area (Å²) in [6, 6.07) is 9.31. The third-order valence-electron chi connectivity index (χ3n) is 5.51. The minimum atomic E-state index is 0.130. The fourth-order valence-electron chi connectivity index (χ4n) is 4.03. The van der Waals surface area contributed by atoms with Gasteiger partial charge in [-0.25, -0.2) is 0 Å². The van der Waals surface area contributed by atoms with Crippen LogP contribution in [0.5, 0.6) is 5.75 Å². The Balaban J connectivity index is 1.43. The Bertz CT molecular complexity index is 563. The van der Waals surface area contributed by atoms with Crippen LogP contribution in [0, 0.1) is 0 Å². The average Bonchev–Trinajstić information content (AvgIpc) is 2.83. The summed E-state index contributed by atoms with van der Waals surface area (Å²) in [5, 5.41) is 3.06. The van der Waals surface area contributed by atoms with Crippen LogP contribution in [0.4, 0.5) is 0 Å². The van der Waals surface area contributed by atoms with Gasteiger partial charge in [0.05, 0.1) is 13.7 Å². The van der Waals surface area contributed by atoms with Gasteiger partial charge in [0.15, 0.2) is 0 Å². The van der Waals surface area contributed by atoms with Gasteiger partial charge in [0.25, 0.3) is 0 Å². The zero-order valence-electron chi connectivity index (χ0n) is 14.8. The van der Waals surface area contributed by atoms with Crippen molar-refractivity contribution in [2.75, 3.05) is 40.3 Å². The number of hydrogen-bond acceptors (Lipinski definition) is 4. The second kappa shape index (κ2) is 7.99. The van der Waals surface area contributed by atoms with Crippen molar-refractivity contribution >= 4 is 5.91 Å². The number of amides is 1. The Morgan fingerprint density at radius 2 is 2.04 bits per heavy atom. The van der Waals surface area contributed by atoms with Crippen molar-refractivity contribution in [2.45, 2.75) is 37.8 Å². The van der Waals surface area contributed by atoms with Crippen LogP contribution in [0.15, 0.2) is 24.3 Å². The SMILES string of the molecule is COc1ccccc1CCNC(=O)CN1CC[C@@H]2CC[C@H](C1)N2C. The van der Waals surface area contributed by atoms with E-state index in [2.05, 4.69) is 22.2 Å². The molecule has 1 amide bonds. The van der Waals surface area contributed by atoms with E-state index in [9.17, 15) is 4.79 Å². The van der Waals surface area contributed by atoms with Crippen LogP contribution < -0.4 is 10.1 Å². The number of carbonyl (C=O) groups excluding carboxylic acids is 1. The van der Waals surface area contributed by atoms with Gasteiger partial charge in [-0.2, -0.15) is 0 Å². The molecule has 2 fully saturated rings. The van der Waals surface area contributed by atoms with E-state index >= 15 is 0 Å². The molecule has 2 atom stereocenters. The van der Waals surface area contributed by atoms with E-state index in [1.807, 2.05) is 24.3 Å². The van der Waals surface area contributed by atoms with E-state index in [0.717, 1.165) is 30.8 Å². The molecule has 2 aliphatic heterocycles. The number of likely N-dealkylation sites (N-methyl/N-ethyl adjacent to an activating group) is 1. The fourth-order valence-corrected chi connectivity index (χ4v) is 4.03. The molecule has 132 valence electrons. The fraction of sp³-hybridized carbons (Fsp3) is 0.632. The predicted octanol–water partition coefficient (Wildman–Crippen LogP) is 1.52. The summed E-state index contributed by atoms with van der Waals surface area (Å²) in [7, 11) is 3.92. The predicted molar refractivity (Wildman–Crippen MR) is 95.3 cm³/mol. The Hall–Kier alpha value is -1.59. The quantitative estimate of drug-likeness (QED) is 0.858. The zero-order valence-corrected chi connectivity index (χ0v) is 14.8. The molecule has 2 heterocycles. The standard InChI is InChI=1S/C19H29N3O2/c1-21-16-7-8-17(21)13-22(12-10-16)14-19(23)20-11-9-15-5-3-4-6-18(15)24-2/h3-6,16-17H,7-14H2,1-2H3,(H,20,23)/t16-,17+/m0/s1. The number of para-hydroxylation sites is 1. The van der Waals surface area contributed by atoms with Crippen LogP contribution in [-0.2, 0) is 11.2 Å². The van der Waals surface area contributed by atoms with Gasteiger partial charge in [-0.3, -0.25) is 14.6 Å². The highest BCUT2D eigenvalue weighted by atomic mass is 16.5. The lowest BCUT2D eigenvalue weighted by molar-refractivity contribution is -0.122. The topological polar surface area (TPSA) is 44.8 Å². The molecule has 0 unspecified atom stereocenters. The molecule has 0 radical (unpaired) electrons. The van der Waals surface area contributed by atoms with Gasteiger partial charge >= 0.3 is 0 Å². The monoisotopic (exact) mass is 331 g/mol. The summed E-state index contributed by atoms with van der Waals surface area (Å²) in [4.78, 5) is 17.1. The van der Waals surface area contributed by atoms with Crippen molar-refractivity contribution < 1.29 is 9.53 Å². The number of hydrogen-bond donors (Lipinski definition) is 1. The molecule has 0 aromatic heterocycles. The number of benzene rings is 1. The minimum absolute atomic E-state index is 0.130. The lowest BCUT2D eigenvalue weighted by atomic mass is 10.1. The smallest absolute Gasteiger partial charge is 0.234 e. The van der Waals surface area contributed by atoms with Gasteiger partial charge in [-0.1, -0.05) is 18.2 Å². The van der Waals surface area contributed by atoms with Crippen molar-refractivity contribution in [3.05, 3.63) is 29.8 Å². The maximum absolute atomic E-state index is 12.3. The van der Waals surface area contributed by atoms with Crippen LogP contribution in [0.2, 0.25) is 0 Å². The third-order valence-corrected chi connectivity index (χ3v) is 5.51. The Kier molecular flexibility index (Phi) is 5.74. The number of rotatable bonds is 6. The molecule has 5 heteroatoms. The lowest BCUT2D eigenvalue weighted by Crippen LogP contribution is -2.42. The number of carbonyl (C=O) groups is 1. The van der Waals surface area contributed by atoms with E-state index in [1.165, 1.54) is 19.3 Å². The molecular weight excluding hydrogens is 302 g/mol. The third kappa shape index (κ3) is 4.08. The van der Waals surface area contributed by atoms with E-state index in [4.69, 9.17) is 4.74 Å². The van der Waals surface area contributed by atoms with Crippen LogP contribution in [0.1, 0.15) is 24.8 Å². The number of likely N-dealkylation sites (tertiary alicyclic amines) is 1. The van der Waals surface area contributed by atoms with Gasteiger partial charge in [-0.05, 0) is 44.4 Å². The second-order valence-electron chi connectivity index (χ2n) is 6.99. The molecule has 24 heavy (non-hydrogen) atoms. The first-order valence-corrected chi connectivity index (χ1v) is 9.00. The van der Waals surface area contributed by atoms with Gasteiger partial charge in [0, 0.05) is 31.7 Å². The summed E-state index contributed by atoms with van der Waals surface area (Å²) in [5.74, 6) is 1.02. The van der Waals surface area contributed by atoms with Gasteiger partial charge < -0.3 is 10.1 Å².